The van der Waals surface area contributed by atoms with E-state index in [1.54, 1.807) is 11.3 Å². The standard InChI is InChI=1S/C14H20ClN3S/c1-3-4-5-13-17-12(14(15)18-13)7-16-6-11-9-19-8-10(11)2/h8-9,16H,3-7H2,1-2H3,(H,17,18). The molecule has 2 aromatic rings. The summed E-state index contributed by atoms with van der Waals surface area (Å²) >= 11 is 7.88. The Balaban J connectivity index is 1.85. The van der Waals surface area contributed by atoms with E-state index in [-0.39, 0.29) is 0 Å². The molecule has 0 atom stereocenters. The number of aromatic amines is 1. The lowest BCUT2D eigenvalue weighted by Crippen LogP contribution is -2.13. The third-order valence-corrected chi connectivity index (χ3v) is 4.35. The van der Waals surface area contributed by atoms with Crippen molar-refractivity contribution in [3.8, 4) is 0 Å². The molecule has 5 heteroatoms. The van der Waals surface area contributed by atoms with Gasteiger partial charge >= 0.3 is 0 Å². The molecule has 104 valence electrons. The van der Waals surface area contributed by atoms with Gasteiger partial charge in [-0.3, -0.25) is 0 Å². The Morgan fingerprint density at radius 2 is 2.21 bits per heavy atom. The van der Waals surface area contributed by atoms with Gasteiger partial charge in [-0.05, 0) is 35.2 Å². The smallest absolute Gasteiger partial charge is 0.151 e. The molecule has 2 heterocycles. The number of nitrogens with one attached hydrogen (secondary N) is 2. The number of hydrogen-bond acceptors (Lipinski definition) is 3. The summed E-state index contributed by atoms with van der Waals surface area (Å²) in [6.07, 6.45) is 3.29. The van der Waals surface area contributed by atoms with Crippen LogP contribution >= 0.6 is 22.9 Å². The molecule has 0 bridgehead atoms. The van der Waals surface area contributed by atoms with Crippen LogP contribution in [0.4, 0.5) is 0 Å². The average molecular weight is 298 g/mol. The van der Waals surface area contributed by atoms with Crippen LogP contribution in [-0.2, 0) is 19.5 Å². The van der Waals surface area contributed by atoms with Crippen LogP contribution in [0.3, 0.4) is 0 Å². The van der Waals surface area contributed by atoms with Gasteiger partial charge in [0.15, 0.2) is 5.15 Å². The van der Waals surface area contributed by atoms with Gasteiger partial charge in [-0.2, -0.15) is 11.3 Å². The number of H-pyrrole nitrogens is 1. The van der Waals surface area contributed by atoms with E-state index in [1.165, 1.54) is 17.5 Å². The maximum absolute atomic E-state index is 6.14. The lowest BCUT2D eigenvalue weighted by atomic mass is 10.2. The van der Waals surface area contributed by atoms with Gasteiger partial charge in [-0.15, -0.1) is 0 Å². The molecule has 2 N–H and O–H groups in total. The number of rotatable bonds is 7. The SMILES string of the molecule is CCCCc1nc(Cl)c(CNCc2cscc2C)[nH]1. The van der Waals surface area contributed by atoms with Crippen molar-refractivity contribution < 1.29 is 0 Å². The third-order valence-electron chi connectivity index (χ3n) is 3.12. The van der Waals surface area contributed by atoms with Gasteiger partial charge < -0.3 is 10.3 Å². The number of aryl methyl sites for hydroxylation is 2. The predicted octanol–water partition coefficient (Wildman–Crippen LogP) is 4.07. The molecule has 0 aliphatic heterocycles. The summed E-state index contributed by atoms with van der Waals surface area (Å²) in [5, 5.41) is 8.36. The van der Waals surface area contributed by atoms with Gasteiger partial charge in [0.2, 0.25) is 0 Å². The molecular weight excluding hydrogens is 278 g/mol. The van der Waals surface area contributed by atoms with Crippen LogP contribution in [0, 0.1) is 6.92 Å². The largest absolute Gasteiger partial charge is 0.344 e. The molecular formula is C14H20ClN3S. The van der Waals surface area contributed by atoms with Gasteiger partial charge in [0, 0.05) is 19.5 Å². The molecule has 0 radical (unpaired) electrons. The van der Waals surface area contributed by atoms with Gasteiger partial charge in [0.25, 0.3) is 0 Å². The van der Waals surface area contributed by atoms with Crippen molar-refractivity contribution in [2.75, 3.05) is 0 Å². The Labute approximate surface area is 123 Å². The highest BCUT2D eigenvalue weighted by atomic mass is 35.5. The Hall–Kier alpha value is -0.840. The highest BCUT2D eigenvalue weighted by Gasteiger charge is 2.08. The van der Waals surface area contributed by atoms with Crippen molar-refractivity contribution in [2.45, 2.75) is 46.2 Å². The number of aromatic nitrogens is 2. The molecule has 3 nitrogen and oxygen atoms in total. The number of thiophene rings is 1. The second-order valence-corrected chi connectivity index (χ2v) is 5.84. The molecule has 2 rings (SSSR count). The lowest BCUT2D eigenvalue weighted by molar-refractivity contribution is 0.678. The maximum Gasteiger partial charge on any atom is 0.151 e. The minimum absolute atomic E-state index is 0.598. The fourth-order valence-electron chi connectivity index (χ4n) is 1.91. The average Bonchev–Trinajstić information content (AvgIpc) is 2.95. The monoisotopic (exact) mass is 297 g/mol. The summed E-state index contributed by atoms with van der Waals surface area (Å²) in [4.78, 5) is 7.66. The molecule has 0 aromatic carbocycles. The van der Waals surface area contributed by atoms with Crippen molar-refractivity contribution in [3.63, 3.8) is 0 Å². The molecule has 0 unspecified atom stereocenters. The van der Waals surface area contributed by atoms with Crippen LogP contribution in [0.25, 0.3) is 0 Å². The topological polar surface area (TPSA) is 40.7 Å². The Morgan fingerprint density at radius 1 is 1.37 bits per heavy atom. The Bertz CT molecular complexity index is 518. The molecule has 2 aromatic heterocycles. The molecule has 0 saturated heterocycles. The van der Waals surface area contributed by atoms with E-state index >= 15 is 0 Å². The first-order valence-electron chi connectivity index (χ1n) is 6.66. The first-order valence-corrected chi connectivity index (χ1v) is 7.98. The van der Waals surface area contributed by atoms with E-state index in [0.717, 1.165) is 37.4 Å². The van der Waals surface area contributed by atoms with Gasteiger partial charge in [-0.25, -0.2) is 4.98 Å². The van der Waals surface area contributed by atoms with E-state index in [0.29, 0.717) is 5.15 Å². The van der Waals surface area contributed by atoms with Gasteiger partial charge in [0.1, 0.15) is 5.82 Å². The number of halogens is 1. The quantitative estimate of drug-likeness (QED) is 0.809. The minimum atomic E-state index is 0.598. The molecule has 0 fully saturated rings. The molecule has 0 saturated carbocycles. The molecule has 19 heavy (non-hydrogen) atoms. The third kappa shape index (κ3) is 4.06. The summed E-state index contributed by atoms with van der Waals surface area (Å²) in [6.45, 7) is 5.91. The van der Waals surface area contributed by atoms with E-state index in [2.05, 4.69) is 39.9 Å². The highest BCUT2D eigenvalue weighted by molar-refractivity contribution is 7.08. The number of unbranched alkanes of at least 4 members (excludes halogenated alkanes) is 1. The zero-order valence-electron chi connectivity index (χ0n) is 11.4. The molecule has 0 amide bonds. The second kappa shape index (κ2) is 7.08. The van der Waals surface area contributed by atoms with Crippen LogP contribution in [0.5, 0.6) is 0 Å². The number of hydrogen-bond donors (Lipinski definition) is 2. The molecule has 0 spiro atoms. The van der Waals surface area contributed by atoms with E-state index in [4.69, 9.17) is 11.6 Å². The van der Waals surface area contributed by atoms with E-state index < -0.39 is 0 Å². The highest BCUT2D eigenvalue weighted by Crippen LogP contribution is 2.16. The van der Waals surface area contributed by atoms with Crippen molar-refractivity contribution in [1.82, 2.24) is 15.3 Å². The van der Waals surface area contributed by atoms with E-state index in [1.807, 2.05) is 0 Å². The predicted molar refractivity (Wildman–Crippen MR) is 81.8 cm³/mol. The molecule has 0 aliphatic rings. The first kappa shape index (κ1) is 14.6. The Kier molecular flexibility index (Phi) is 5.43. The normalized spacial score (nSPS) is 11.1. The number of nitrogens with zero attached hydrogens (tertiary/aromatic N) is 1. The zero-order chi connectivity index (χ0) is 13.7. The summed E-state index contributed by atoms with van der Waals surface area (Å²) < 4.78 is 0. The Morgan fingerprint density at radius 3 is 2.89 bits per heavy atom. The van der Waals surface area contributed by atoms with Crippen molar-refractivity contribution in [3.05, 3.63) is 38.6 Å². The van der Waals surface area contributed by atoms with E-state index in [9.17, 15) is 0 Å². The second-order valence-electron chi connectivity index (χ2n) is 4.74. The van der Waals surface area contributed by atoms with Crippen LogP contribution in [0.1, 0.15) is 42.4 Å². The minimum Gasteiger partial charge on any atom is -0.344 e. The van der Waals surface area contributed by atoms with Crippen LogP contribution in [0.15, 0.2) is 10.8 Å². The fourth-order valence-corrected chi connectivity index (χ4v) is 2.98. The van der Waals surface area contributed by atoms with Crippen LogP contribution in [-0.4, -0.2) is 9.97 Å². The maximum atomic E-state index is 6.14. The van der Waals surface area contributed by atoms with Gasteiger partial charge in [-0.1, -0.05) is 24.9 Å². The van der Waals surface area contributed by atoms with Crippen molar-refractivity contribution in [2.24, 2.45) is 0 Å². The van der Waals surface area contributed by atoms with Gasteiger partial charge in [0.05, 0.1) is 5.69 Å². The first-order chi connectivity index (χ1) is 9.20. The van der Waals surface area contributed by atoms with Crippen LogP contribution in [0.2, 0.25) is 5.15 Å². The molecule has 0 aliphatic carbocycles. The lowest BCUT2D eigenvalue weighted by Gasteiger charge is -2.03. The fraction of sp³-hybridized carbons (Fsp3) is 0.500. The van der Waals surface area contributed by atoms with Crippen molar-refractivity contribution in [1.29, 1.82) is 0 Å². The summed E-state index contributed by atoms with van der Waals surface area (Å²) in [5.74, 6) is 0.996. The van der Waals surface area contributed by atoms with Crippen LogP contribution < -0.4 is 5.32 Å². The summed E-state index contributed by atoms with van der Waals surface area (Å²) in [7, 11) is 0. The summed E-state index contributed by atoms with van der Waals surface area (Å²) in [6, 6.07) is 0. The zero-order valence-corrected chi connectivity index (χ0v) is 13.0. The summed E-state index contributed by atoms with van der Waals surface area (Å²) in [5.41, 5.74) is 3.68. The van der Waals surface area contributed by atoms with Crippen molar-refractivity contribution >= 4 is 22.9 Å². The number of imidazole rings is 1.